The Balaban J connectivity index is 1.96. The van der Waals surface area contributed by atoms with Crippen LogP contribution >= 0.6 is 11.8 Å². The summed E-state index contributed by atoms with van der Waals surface area (Å²) in [6, 6.07) is 14.8. The van der Waals surface area contributed by atoms with Crippen LogP contribution in [0.15, 0.2) is 47.4 Å². The second kappa shape index (κ2) is 5.51. The second-order valence-corrected chi connectivity index (χ2v) is 5.49. The van der Waals surface area contributed by atoms with E-state index >= 15 is 0 Å². The molecule has 0 N–H and O–H groups in total. The number of ether oxygens (including phenoxy) is 1. The summed E-state index contributed by atoms with van der Waals surface area (Å²) >= 11 is 1.63. The lowest BCUT2D eigenvalue weighted by Gasteiger charge is -2.16. The smallest absolute Gasteiger partial charge is 0.259 e. The minimum absolute atomic E-state index is 0.105. The average molecular weight is 296 g/mol. The quantitative estimate of drug-likeness (QED) is 0.853. The number of hydrogen-bond donors (Lipinski definition) is 0. The van der Waals surface area contributed by atoms with Crippen molar-refractivity contribution in [2.45, 2.75) is 4.90 Å². The van der Waals surface area contributed by atoms with E-state index in [1.165, 1.54) is 7.11 Å². The molecule has 0 radical (unpaired) electrons. The van der Waals surface area contributed by atoms with Crippen LogP contribution in [0, 0.1) is 11.3 Å². The van der Waals surface area contributed by atoms with Crippen molar-refractivity contribution in [2.75, 3.05) is 17.9 Å². The number of nitrogens with zero attached hydrogens (tertiary/aromatic N) is 2. The van der Waals surface area contributed by atoms with Crippen molar-refractivity contribution >= 4 is 23.4 Å². The fourth-order valence-corrected chi connectivity index (χ4v) is 3.28. The monoisotopic (exact) mass is 296 g/mol. The van der Waals surface area contributed by atoms with Gasteiger partial charge >= 0.3 is 0 Å². The van der Waals surface area contributed by atoms with Crippen molar-refractivity contribution in [2.24, 2.45) is 0 Å². The van der Waals surface area contributed by atoms with E-state index in [1.54, 1.807) is 34.9 Å². The molecular weight excluding hydrogens is 284 g/mol. The largest absolute Gasteiger partial charge is 0.495 e. The molecule has 0 saturated carbocycles. The van der Waals surface area contributed by atoms with E-state index in [1.807, 2.05) is 24.3 Å². The molecular formula is C16H12N2O2S. The van der Waals surface area contributed by atoms with Gasteiger partial charge in [0.25, 0.3) is 5.91 Å². The van der Waals surface area contributed by atoms with Gasteiger partial charge in [0.2, 0.25) is 0 Å². The van der Waals surface area contributed by atoms with E-state index in [4.69, 9.17) is 10.00 Å². The molecule has 21 heavy (non-hydrogen) atoms. The Hall–Kier alpha value is -2.45. The third kappa shape index (κ3) is 2.34. The number of amides is 1. The first-order valence-electron chi connectivity index (χ1n) is 6.36. The number of nitriles is 1. The molecule has 0 fully saturated rings. The molecule has 0 bridgehead atoms. The number of anilines is 1. The number of methoxy groups -OCH3 is 1. The number of benzene rings is 2. The summed E-state index contributed by atoms with van der Waals surface area (Å²) in [4.78, 5) is 15.5. The molecule has 0 aromatic heterocycles. The Kier molecular flexibility index (Phi) is 3.55. The molecule has 5 heteroatoms. The van der Waals surface area contributed by atoms with Crippen LogP contribution in [-0.4, -0.2) is 18.9 Å². The SMILES string of the molecule is COc1ccc(C(=O)N2CSc3ccccc32)cc1C#N. The molecule has 0 saturated heterocycles. The number of rotatable bonds is 2. The second-order valence-electron chi connectivity index (χ2n) is 4.50. The highest BCUT2D eigenvalue weighted by Crippen LogP contribution is 2.38. The lowest BCUT2D eigenvalue weighted by Crippen LogP contribution is -2.27. The molecule has 0 spiro atoms. The summed E-state index contributed by atoms with van der Waals surface area (Å²) in [5.74, 6) is 0.961. The topological polar surface area (TPSA) is 53.3 Å². The van der Waals surface area contributed by atoms with Crippen molar-refractivity contribution in [3.8, 4) is 11.8 Å². The first-order chi connectivity index (χ1) is 10.2. The normalized spacial score (nSPS) is 12.7. The summed E-state index contributed by atoms with van der Waals surface area (Å²) in [6.07, 6.45) is 0. The van der Waals surface area contributed by atoms with E-state index < -0.39 is 0 Å². The van der Waals surface area contributed by atoms with Gasteiger partial charge < -0.3 is 4.74 Å². The third-order valence-electron chi connectivity index (χ3n) is 3.32. The van der Waals surface area contributed by atoms with Gasteiger partial charge in [0.1, 0.15) is 11.8 Å². The van der Waals surface area contributed by atoms with Crippen molar-refractivity contribution in [1.82, 2.24) is 0 Å². The summed E-state index contributed by atoms with van der Waals surface area (Å²) in [7, 11) is 1.50. The van der Waals surface area contributed by atoms with Crippen LogP contribution in [0.3, 0.4) is 0 Å². The zero-order chi connectivity index (χ0) is 14.8. The Labute approximate surface area is 126 Å². The third-order valence-corrected chi connectivity index (χ3v) is 4.36. The molecule has 2 aromatic rings. The van der Waals surface area contributed by atoms with Crippen molar-refractivity contribution in [3.05, 3.63) is 53.6 Å². The first kappa shape index (κ1) is 13.5. The van der Waals surface area contributed by atoms with E-state index in [0.717, 1.165) is 10.6 Å². The Morgan fingerprint density at radius 1 is 1.33 bits per heavy atom. The zero-order valence-electron chi connectivity index (χ0n) is 11.4. The summed E-state index contributed by atoms with van der Waals surface area (Å²) in [5, 5.41) is 9.12. The van der Waals surface area contributed by atoms with E-state index in [2.05, 4.69) is 6.07 Å². The first-order valence-corrected chi connectivity index (χ1v) is 7.35. The highest BCUT2D eigenvalue weighted by atomic mass is 32.2. The molecule has 4 nitrogen and oxygen atoms in total. The molecule has 2 aromatic carbocycles. The fourth-order valence-electron chi connectivity index (χ4n) is 2.26. The maximum Gasteiger partial charge on any atom is 0.259 e. The number of hydrogen-bond acceptors (Lipinski definition) is 4. The summed E-state index contributed by atoms with van der Waals surface area (Å²) in [6.45, 7) is 0. The summed E-state index contributed by atoms with van der Waals surface area (Å²) < 4.78 is 5.10. The van der Waals surface area contributed by atoms with Gasteiger partial charge in [0, 0.05) is 10.5 Å². The minimum Gasteiger partial charge on any atom is -0.495 e. The predicted octanol–water partition coefficient (Wildman–Crippen LogP) is 3.28. The van der Waals surface area contributed by atoms with Crippen LogP contribution in [0.25, 0.3) is 0 Å². The van der Waals surface area contributed by atoms with Crippen molar-refractivity contribution in [1.29, 1.82) is 5.26 Å². The maximum absolute atomic E-state index is 12.6. The number of carbonyl (C=O) groups is 1. The molecule has 1 aliphatic heterocycles. The number of fused-ring (bicyclic) bond motifs is 1. The van der Waals surface area contributed by atoms with E-state index in [9.17, 15) is 4.79 Å². The highest BCUT2D eigenvalue weighted by molar-refractivity contribution is 8.00. The lowest BCUT2D eigenvalue weighted by atomic mass is 10.1. The van der Waals surface area contributed by atoms with Gasteiger partial charge in [-0.15, -0.1) is 11.8 Å². The number of para-hydroxylation sites is 1. The van der Waals surface area contributed by atoms with Gasteiger partial charge in [-0.2, -0.15) is 5.26 Å². The van der Waals surface area contributed by atoms with Gasteiger partial charge in [-0.1, -0.05) is 12.1 Å². The molecule has 104 valence electrons. The number of carbonyl (C=O) groups excluding carboxylic acids is 1. The van der Waals surface area contributed by atoms with Crippen LogP contribution < -0.4 is 9.64 Å². The predicted molar refractivity (Wildman–Crippen MR) is 81.7 cm³/mol. The molecule has 0 aliphatic carbocycles. The Morgan fingerprint density at radius 2 is 2.14 bits per heavy atom. The van der Waals surface area contributed by atoms with Crippen LogP contribution in [0.1, 0.15) is 15.9 Å². The molecule has 1 aliphatic rings. The molecule has 1 amide bonds. The van der Waals surface area contributed by atoms with Gasteiger partial charge in [0.15, 0.2) is 0 Å². The van der Waals surface area contributed by atoms with Gasteiger partial charge in [-0.25, -0.2) is 0 Å². The fraction of sp³-hybridized carbons (Fsp3) is 0.125. The summed E-state index contributed by atoms with van der Waals surface area (Å²) in [5.41, 5.74) is 1.77. The average Bonchev–Trinajstić information content (AvgIpc) is 2.97. The van der Waals surface area contributed by atoms with Crippen LogP contribution in [0.2, 0.25) is 0 Å². The molecule has 0 atom stereocenters. The Morgan fingerprint density at radius 3 is 2.90 bits per heavy atom. The van der Waals surface area contributed by atoms with Gasteiger partial charge in [0.05, 0.1) is 24.2 Å². The number of thioether (sulfide) groups is 1. The lowest BCUT2D eigenvalue weighted by molar-refractivity contribution is 0.0992. The van der Waals surface area contributed by atoms with Crippen LogP contribution in [0.4, 0.5) is 5.69 Å². The van der Waals surface area contributed by atoms with Crippen molar-refractivity contribution in [3.63, 3.8) is 0 Å². The van der Waals surface area contributed by atoms with Crippen molar-refractivity contribution < 1.29 is 9.53 Å². The standard InChI is InChI=1S/C16H12N2O2S/c1-20-14-7-6-11(8-12(14)9-17)16(19)18-10-21-15-5-3-2-4-13(15)18/h2-8H,10H2,1H3. The molecule has 0 unspecified atom stereocenters. The zero-order valence-corrected chi connectivity index (χ0v) is 12.2. The maximum atomic E-state index is 12.6. The highest BCUT2D eigenvalue weighted by Gasteiger charge is 2.26. The van der Waals surface area contributed by atoms with Gasteiger partial charge in [-0.3, -0.25) is 9.69 Å². The van der Waals surface area contributed by atoms with Gasteiger partial charge in [-0.05, 0) is 30.3 Å². The molecule has 3 rings (SSSR count). The van der Waals surface area contributed by atoms with Crippen LogP contribution in [-0.2, 0) is 0 Å². The Bertz CT molecular complexity index is 752. The van der Waals surface area contributed by atoms with E-state index in [0.29, 0.717) is 22.8 Å². The molecule has 1 heterocycles. The van der Waals surface area contributed by atoms with Crippen LogP contribution in [0.5, 0.6) is 5.75 Å². The van der Waals surface area contributed by atoms with E-state index in [-0.39, 0.29) is 5.91 Å². The minimum atomic E-state index is -0.105.